The number of rotatable bonds is 4. The number of hydrogen-bond donors (Lipinski definition) is 2. The van der Waals surface area contributed by atoms with Crippen LogP contribution in [0.4, 0.5) is 11.6 Å². The van der Waals surface area contributed by atoms with Gasteiger partial charge in [-0.25, -0.2) is 23.1 Å². The summed E-state index contributed by atoms with van der Waals surface area (Å²) < 4.78 is 27.4. The first-order valence-electron chi connectivity index (χ1n) is 6.95. The molecule has 0 radical (unpaired) electrons. The predicted octanol–water partition coefficient (Wildman–Crippen LogP) is 1.63. The molecule has 0 aliphatic carbocycles. The number of fused-ring (bicyclic) bond motifs is 1. The number of nitrogens with one attached hydrogen (secondary N) is 1. The van der Waals surface area contributed by atoms with Gasteiger partial charge in [-0.1, -0.05) is 11.6 Å². The monoisotopic (exact) mass is 354 g/mol. The SMILES string of the molecule is CC(O)N1CCc2cc(Cl)c(S(=O)(=O)Nc3ncccn3)cc21. The lowest BCUT2D eigenvalue weighted by Gasteiger charge is -2.23. The summed E-state index contributed by atoms with van der Waals surface area (Å²) in [4.78, 5) is 9.33. The Labute approximate surface area is 139 Å². The smallest absolute Gasteiger partial charge is 0.265 e. The number of aliphatic hydroxyl groups excluding tert-OH is 1. The van der Waals surface area contributed by atoms with Crippen molar-refractivity contribution in [2.45, 2.75) is 24.5 Å². The number of hydrogen-bond acceptors (Lipinski definition) is 6. The Kier molecular flexibility index (Phi) is 4.13. The van der Waals surface area contributed by atoms with Crippen LogP contribution in [0.3, 0.4) is 0 Å². The largest absolute Gasteiger partial charge is 0.374 e. The van der Waals surface area contributed by atoms with Crippen molar-refractivity contribution < 1.29 is 13.5 Å². The second-order valence-corrected chi connectivity index (χ2v) is 7.22. The normalized spacial score (nSPS) is 15.3. The Hall–Kier alpha value is -1.90. The van der Waals surface area contributed by atoms with Crippen LogP contribution in [0.5, 0.6) is 0 Å². The molecule has 1 aromatic heterocycles. The van der Waals surface area contributed by atoms with E-state index in [0.29, 0.717) is 18.7 Å². The van der Waals surface area contributed by atoms with Gasteiger partial charge in [0.05, 0.1) is 5.02 Å². The Morgan fingerprint density at radius 2 is 2.04 bits per heavy atom. The summed E-state index contributed by atoms with van der Waals surface area (Å²) in [5.74, 6) is -0.0311. The van der Waals surface area contributed by atoms with E-state index in [1.165, 1.54) is 18.5 Å². The molecule has 1 aliphatic heterocycles. The molecule has 7 nitrogen and oxygen atoms in total. The van der Waals surface area contributed by atoms with E-state index in [1.807, 2.05) is 0 Å². The van der Waals surface area contributed by atoms with Gasteiger partial charge in [-0.05, 0) is 37.1 Å². The van der Waals surface area contributed by atoms with Crippen LogP contribution in [-0.4, -0.2) is 36.3 Å². The molecule has 0 amide bonds. The third-order valence-electron chi connectivity index (χ3n) is 3.60. The van der Waals surface area contributed by atoms with Gasteiger partial charge in [-0.3, -0.25) is 0 Å². The van der Waals surface area contributed by atoms with Gasteiger partial charge in [-0.15, -0.1) is 0 Å². The summed E-state index contributed by atoms with van der Waals surface area (Å²) in [7, 11) is -3.93. The van der Waals surface area contributed by atoms with Crippen molar-refractivity contribution in [3.63, 3.8) is 0 Å². The Balaban J connectivity index is 2.01. The summed E-state index contributed by atoms with van der Waals surface area (Å²) in [6.45, 7) is 2.25. The lowest BCUT2D eigenvalue weighted by atomic mass is 10.2. The van der Waals surface area contributed by atoms with Crippen LogP contribution in [0, 0.1) is 0 Å². The molecule has 0 fully saturated rings. The second kappa shape index (κ2) is 5.95. The molecule has 0 saturated carbocycles. The zero-order chi connectivity index (χ0) is 16.6. The van der Waals surface area contributed by atoms with Crippen molar-refractivity contribution in [2.24, 2.45) is 0 Å². The van der Waals surface area contributed by atoms with E-state index < -0.39 is 16.3 Å². The predicted molar refractivity (Wildman–Crippen MR) is 87.0 cm³/mol. The topological polar surface area (TPSA) is 95.4 Å². The molecule has 1 aromatic carbocycles. The molecule has 0 spiro atoms. The van der Waals surface area contributed by atoms with E-state index in [-0.39, 0.29) is 15.9 Å². The molecule has 2 heterocycles. The van der Waals surface area contributed by atoms with Crippen LogP contribution in [0.15, 0.2) is 35.5 Å². The van der Waals surface area contributed by atoms with Crippen LogP contribution in [0.25, 0.3) is 0 Å². The second-order valence-electron chi connectivity index (χ2n) is 5.16. The number of aliphatic hydroxyl groups is 1. The highest BCUT2D eigenvalue weighted by Gasteiger charge is 2.28. The zero-order valence-corrected chi connectivity index (χ0v) is 13.8. The van der Waals surface area contributed by atoms with Gasteiger partial charge >= 0.3 is 0 Å². The molecule has 1 unspecified atom stereocenters. The maximum absolute atomic E-state index is 12.5. The average molecular weight is 355 g/mol. The molecule has 2 aromatic rings. The fourth-order valence-electron chi connectivity index (χ4n) is 2.53. The molecule has 1 aliphatic rings. The number of benzene rings is 1. The summed E-state index contributed by atoms with van der Waals surface area (Å²) in [5.41, 5.74) is 1.57. The van der Waals surface area contributed by atoms with Crippen LogP contribution in [-0.2, 0) is 16.4 Å². The van der Waals surface area contributed by atoms with E-state index in [0.717, 1.165) is 5.56 Å². The molecule has 9 heteroatoms. The van der Waals surface area contributed by atoms with E-state index in [1.54, 1.807) is 24.0 Å². The summed E-state index contributed by atoms with van der Waals surface area (Å²) in [5, 5.41) is 9.93. The van der Waals surface area contributed by atoms with Crippen molar-refractivity contribution in [2.75, 3.05) is 16.2 Å². The quantitative estimate of drug-likeness (QED) is 0.866. The maximum atomic E-state index is 12.5. The first-order chi connectivity index (χ1) is 10.9. The van der Waals surface area contributed by atoms with Crippen molar-refractivity contribution >= 4 is 33.3 Å². The van der Waals surface area contributed by atoms with E-state index >= 15 is 0 Å². The maximum Gasteiger partial charge on any atom is 0.265 e. The van der Waals surface area contributed by atoms with Crippen molar-refractivity contribution in [3.05, 3.63) is 41.2 Å². The Bertz CT molecular complexity index is 827. The molecule has 3 rings (SSSR count). The number of anilines is 2. The van der Waals surface area contributed by atoms with E-state index in [9.17, 15) is 13.5 Å². The third kappa shape index (κ3) is 3.10. The summed E-state index contributed by atoms with van der Waals surface area (Å²) in [6, 6.07) is 4.68. The van der Waals surface area contributed by atoms with Gasteiger partial charge in [0.15, 0.2) is 0 Å². The summed E-state index contributed by atoms with van der Waals surface area (Å²) in [6.07, 6.45) is 2.86. The molecular formula is C14H15ClN4O3S. The molecule has 122 valence electrons. The van der Waals surface area contributed by atoms with Gasteiger partial charge in [0.1, 0.15) is 11.1 Å². The standard InChI is InChI=1S/C14H15ClN4O3S/c1-9(20)19-6-3-10-7-11(15)13(8-12(10)19)23(21,22)18-14-16-4-2-5-17-14/h2,4-5,7-9,20H,3,6H2,1H3,(H,16,17,18). The number of aromatic nitrogens is 2. The highest BCUT2D eigenvalue weighted by Crippen LogP contribution is 2.36. The molecule has 0 saturated heterocycles. The fraction of sp³-hybridized carbons (Fsp3) is 0.286. The van der Waals surface area contributed by atoms with Gasteiger partial charge < -0.3 is 10.0 Å². The third-order valence-corrected chi connectivity index (χ3v) is 5.39. The highest BCUT2D eigenvalue weighted by atomic mass is 35.5. The Morgan fingerprint density at radius 1 is 1.35 bits per heavy atom. The summed E-state index contributed by atoms with van der Waals surface area (Å²) >= 11 is 6.14. The van der Waals surface area contributed by atoms with Crippen LogP contribution in [0.1, 0.15) is 12.5 Å². The lowest BCUT2D eigenvalue weighted by molar-refractivity contribution is 0.191. The van der Waals surface area contributed by atoms with Gasteiger partial charge in [0.25, 0.3) is 10.0 Å². The first-order valence-corrected chi connectivity index (χ1v) is 8.81. The molecule has 2 N–H and O–H groups in total. The van der Waals surface area contributed by atoms with Crippen LogP contribution >= 0.6 is 11.6 Å². The molecule has 23 heavy (non-hydrogen) atoms. The lowest BCUT2D eigenvalue weighted by Crippen LogP contribution is -2.30. The minimum atomic E-state index is -3.93. The fourth-order valence-corrected chi connectivity index (χ4v) is 4.06. The van der Waals surface area contributed by atoms with Crippen molar-refractivity contribution in [1.82, 2.24) is 9.97 Å². The van der Waals surface area contributed by atoms with Crippen molar-refractivity contribution in [1.29, 1.82) is 0 Å². The number of sulfonamides is 1. The van der Waals surface area contributed by atoms with Gasteiger partial charge in [-0.2, -0.15) is 0 Å². The zero-order valence-electron chi connectivity index (χ0n) is 12.3. The molecular weight excluding hydrogens is 340 g/mol. The first kappa shape index (κ1) is 16.0. The average Bonchev–Trinajstić information content (AvgIpc) is 2.89. The number of nitrogens with zero attached hydrogens (tertiary/aromatic N) is 3. The highest BCUT2D eigenvalue weighted by molar-refractivity contribution is 7.92. The Morgan fingerprint density at radius 3 is 2.70 bits per heavy atom. The number of halogens is 1. The minimum absolute atomic E-state index is 0.0311. The van der Waals surface area contributed by atoms with Crippen LogP contribution in [0.2, 0.25) is 5.02 Å². The minimum Gasteiger partial charge on any atom is -0.374 e. The van der Waals surface area contributed by atoms with E-state index in [2.05, 4.69) is 14.7 Å². The van der Waals surface area contributed by atoms with Gasteiger partial charge in [0, 0.05) is 24.6 Å². The van der Waals surface area contributed by atoms with Crippen molar-refractivity contribution in [3.8, 4) is 0 Å². The molecule has 1 atom stereocenters. The van der Waals surface area contributed by atoms with Crippen LogP contribution < -0.4 is 9.62 Å². The van der Waals surface area contributed by atoms with E-state index in [4.69, 9.17) is 11.6 Å². The van der Waals surface area contributed by atoms with Gasteiger partial charge in [0.2, 0.25) is 5.95 Å². The molecule has 0 bridgehead atoms.